The lowest BCUT2D eigenvalue weighted by Gasteiger charge is -2.10. The number of nitrogens with one attached hydrogen (secondary N) is 1. The molecular formula is C17H15N3O2. The summed E-state index contributed by atoms with van der Waals surface area (Å²) in [5.41, 5.74) is 2.55. The first-order chi connectivity index (χ1) is 10.8. The van der Waals surface area contributed by atoms with Gasteiger partial charge in [0.15, 0.2) is 0 Å². The molecule has 0 radical (unpaired) electrons. The summed E-state index contributed by atoms with van der Waals surface area (Å²) in [6.45, 7) is 2.71. The number of pyridine rings is 1. The molecule has 0 unspecified atom stereocenters. The third kappa shape index (κ3) is 2.72. The van der Waals surface area contributed by atoms with Crippen LogP contribution in [0.3, 0.4) is 0 Å². The summed E-state index contributed by atoms with van der Waals surface area (Å²) in [7, 11) is 0. The third-order valence-corrected chi connectivity index (χ3v) is 3.11. The Kier molecular flexibility index (Phi) is 3.92. The van der Waals surface area contributed by atoms with Gasteiger partial charge in [-0.15, -0.1) is 6.42 Å². The normalized spacial score (nSPS) is 10.4. The van der Waals surface area contributed by atoms with Gasteiger partial charge in [0.05, 0.1) is 29.4 Å². The van der Waals surface area contributed by atoms with Gasteiger partial charge in [0, 0.05) is 12.3 Å². The molecule has 0 saturated heterocycles. The smallest absolute Gasteiger partial charge is 0.148 e. The Morgan fingerprint density at radius 2 is 2.18 bits per heavy atom. The van der Waals surface area contributed by atoms with Crippen LogP contribution in [0.2, 0.25) is 0 Å². The van der Waals surface area contributed by atoms with E-state index < -0.39 is 0 Å². The Balaban J connectivity index is 2.05. The van der Waals surface area contributed by atoms with Crippen LogP contribution in [0.1, 0.15) is 6.92 Å². The Morgan fingerprint density at radius 3 is 2.95 bits per heavy atom. The fourth-order valence-electron chi connectivity index (χ4n) is 2.18. The molecule has 110 valence electrons. The van der Waals surface area contributed by atoms with Crippen molar-refractivity contribution in [2.24, 2.45) is 0 Å². The maximum atomic E-state index is 5.63. The summed E-state index contributed by atoms with van der Waals surface area (Å²) >= 11 is 0. The molecule has 0 bridgehead atoms. The molecule has 0 aliphatic heterocycles. The van der Waals surface area contributed by atoms with E-state index in [1.165, 1.54) is 0 Å². The van der Waals surface area contributed by atoms with Crippen LogP contribution in [0.4, 0.5) is 0 Å². The lowest BCUT2D eigenvalue weighted by Crippen LogP contribution is -1.98. The lowest BCUT2D eigenvalue weighted by molar-refractivity contribution is 0.332. The number of hydrogen-bond donors (Lipinski definition) is 1. The quantitative estimate of drug-likeness (QED) is 0.735. The summed E-state index contributed by atoms with van der Waals surface area (Å²) in [6.07, 6.45) is 8.73. The predicted octanol–water partition coefficient (Wildman–Crippen LogP) is 3.04. The number of terminal acetylenes is 1. The number of H-pyrrole nitrogens is 1. The first-order valence-corrected chi connectivity index (χ1v) is 6.95. The highest BCUT2D eigenvalue weighted by atomic mass is 16.5. The molecule has 5 nitrogen and oxygen atoms in total. The van der Waals surface area contributed by atoms with Gasteiger partial charge in [-0.05, 0) is 25.1 Å². The van der Waals surface area contributed by atoms with Crippen LogP contribution in [0, 0.1) is 12.3 Å². The Hall–Kier alpha value is -3.00. The SMILES string of the molecule is C#CCOc1cc(OCC)ccc1-c1nc2ccncc2[nH]1. The maximum absolute atomic E-state index is 5.63. The second kappa shape index (κ2) is 6.19. The van der Waals surface area contributed by atoms with Gasteiger partial charge < -0.3 is 14.5 Å². The Morgan fingerprint density at radius 1 is 1.27 bits per heavy atom. The number of benzene rings is 1. The van der Waals surface area contributed by atoms with Crippen molar-refractivity contribution in [1.29, 1.82) is 0 Å². The second-order valence-corrected chi connectivity index (χ2v) is 4.56. The molecule has 2 aromatic heterocycles. The van der Waals surface area contributed by atoms with E-state index in [4.69, 9.17) is 15.9 Å². The highest BCUT2D eigenvalue weighted by molar-refractivity contribution is 5.80. The molecule has 0 amide bonds. The fraction of sp³-hybridized carbons (Fsp3) is 0.176. The molecule has 22 heavy (non-hydrogen) atoms. The van der Waals surface area contributed by atoms with Crippen LogP contribution in [-0.2, 0) is 0 Å². The van der Waals surface area contributed by atoms with E-state index in [9.17, 15) is 0 Å². The minimum Gasteiger partial charge on any atom is -0.494 e. The summed E-state index contributed by atoms with van der Waals surface area (Å²) in [4.78, 5) is 11.9. The largest absolute Gasteiger partial charge is 0.494 e. The van der Waals surface area contributed by atoms with Crippen molar-refractivity contribution in [3.05, 3.63) is 36.7 Å². The van der Waals surface area contributed by atoms with Crippen molar-refractivity contribution in [1.82, 2.24) is 15.0 Å². The standard InChI is InChI=1S/C17H15N3O2/c1-3-9-22-16-10-12(21-4-2)5-6-13(16)17-19-14-7-8-18-11-15(14)20-17/h1,5-8,10-11H,4,9H2,2H3,(H,19,20). The molecule has 3 rings (SSSR count). The molecule has 0 atom stereocenters. The number of hydrogen-bond acceptors (Lipinski definition) is 4. The molecular weight excluding hydrogens is 278 g/mol. The molecule has 5 heteroatoms. The average molecular weight is 293 g/mol. The number of ether oxygens (including phenoxy) is 2. The summed E-state index contributed by atoms with van der Waals surface area (Å²) < 4.78 is 11.1. The third-order valence-electron chi connectivity index (χ3n) is 3.11. The van der Waals surface area contributed by atoms with Crippen LogP contribution in [0.5, 0.6) is 11.5 Å². The molecule has 2 heterocycles. The van der Waals surface area contributed by atoms with E-state index in [1.54, 1.807) is 12.4 Å². The van der Waals surface area contributed by atoms with Crippen LogP contribution in [0.15, 0.2) is 36.7 Å². The van der Waals surface area contributed by atoms with Gasteiger partial charge in [0.2, 0.25) is 0 Å². The second-order valence-electron chi connectivity index (χ2n) is 4.56. The zero-order valence-electron chi connectivity index (χ0n) is 12.2. The van der Waals surface area contributed by atoms with Crippen LogP contribution >= 0.6 is 0 Å². The van der Waals surface area contributed by atoms with Gasteiger partial charge in [-0.3, -0.25) is 4.98 Å². The number of aromatic nitrogens is 3. The summed E-state index contributed by atoms with van der Waals surface area (Å²) in [5, 5.41) is 0. The molecule has 1 N–H and O–H groups in total. The predicted molar refractivity (Wildman–Crippen MR) is 84.8 cm³/mol. The van der Waals surface area contributed by atoms with E-state index in [1.807, 2.05) is 31.2 Å². The molecule has 0 spiro atoms. The van der Waals surface area contributed by atoms with E-state index in [2.05, 4.69) is 20.9 Å². The number of imidazole rings is 1. The molecule has 1 aromatic carbocycles. The maximum Gasteiger partial charge on any atom is 0.148 e. The van der Waals surface area contributed by atoms with Crippen molar-refractivity contribution in [3.63, 3.8) is 0 Å². The van der Waals surface area contributed by atoms with Gasteiger partial charge >= 0.3 is 0 Å². The summed E-state index contributed by atoms with van der Waals surface area (Å²) in [5.74, 6) is 4.54. The highest BCUT2D eigenvalue weighted by Gasteiger charge is 2.12. The van der Waals surface area contributed by atoms with Crippen molar-refractivity contribution in [2.45, 2.75) is 6.92 Å². The van der Waals surface area contributed by atoms with Crippen molar-refractivity contribution in [2.75, 3.05) is 13.2 Å². The zero-order chi connectivity index (χ0) is 15.4. The first kappa shape index (κ1) is 14.0. The molecule has 0 fully saturated rings. The number of rotatable bonds is 5. The topological polar surface area (TPSA) is 60.0 Å². The van der Waals surface area contributed by atoms with Gasteiger partial charge in [0.1, 0.15) is 23.9 Å². The molecule has 0 aliphatic rings. The monoisotopic (exact) mass is 293 g/mol. The number of aromatic amines is 1. The van der Waals surface area contributed by atoms with E-state index in [0.717, 1.165) is 22.3 Å². The first-order valence-electron chi connectivity index (χ1n) is 6.95. The number of nitrogens with zero attached hydrogens (tertiary/aromatic N) is 2. The van der Waals surface area contributed by atoms with E-state index in [-0.39, 0.29) is 6.61 Å². The van der Waals surface area contributed by atoms with Crippen molar-refractivity contribution < 1.29 is 9.47 Å². The van der Waals surface area contributed by atoms with Gasteiger partial charge in [-0.2, -0.15) is 0 Å². The number of fused-ring (bicyclic) bond motifs is 1. The zero-order valence-corrected chi connectivity index (χ0v) is 12.2. The fourth-order valence-corrected chi connectivity index (χ4v) is 2.18. The highest BCUT2D eigenvalue weighted by Crippen LogP contribution is 2.33. The van der Waals surface area contributed by atoms with E-state index in [0.29, 0.717) is 18.2 Å². The van der Waals surface area contributed by atoms with Crippen molar-refractivity contribution in [3.8, 4) is 35.2 Å². The minimum absolute atomic E-state index is 0.185. The van der Waals surface area contributed by atoms with Gasteiger partial charge in [-0.1, -0.05) is 5.92 Å². The van der Waals surface area contributed by atoms with Crippen LogP contribution in [-0.4, -0.2) is 28.2 Å². The summed E-state index contributed by atoms with van der Waals surface area (Å²) in [6, 6.07) is 7.46. The average Bonchev–Trinajstić information content (AvgIpc) is 2.97. The van der Waals surface area contributed by atoms with E-state index >= 15 is 0 Å². The lowest BCUT2D eigenvalue weighted by atomic mass is 10.2. The Labute approximate surface area is 128 Å². The minimum atomic E-state index is 0.185. The van der Waals surface area contributed by atoms with Crippen LogP contribution in [0.25, 0.3) is 22.4 Å². The molecule has 0 aliphatic carbocycles. The molecule has 3 aromatic rings. The Bertz CT molecular complexity index is 800. The van der Waals surface area contributed by atoms with Crippen molar-refractivity contribution >= 4 is 11.0 Å². The van der Waals surface area contributed by atoms with Gasteiger partial charge in [-0.25, -0.2) is 4.98 Å². The van der Waals surface area contributed by atoms with Crippen LogP contribution < -0.4 is 9.47 Å². The van der Waals surface area contributed by atoms with Gasteiger partial charge in [0.25, 0.3) is 0 Å². The molecule has 0 saturated carbocycles.